The van der Waals surface area contributed by atoms with E-state index in [9.17, 15) is 9.18 Å². The van der Waals surface area contributed by atoms with Gasteiger partial charge in [0.2, 0.25) is 0 Å². The second kappa shape index (κ2) is 5.17. The van der Waals surface area contributed by atoms with Crippen LogP contribution in [-0.4, -0.2) is 5.97 Å². The van der Waals surface area contributed by atoms with Crippen LogP contribution >= 0.6 is 0 Å². The van der Waals surface area contributed by atoms with E-state index >= 15 is 0 Å². The van der Waals surface area contributed by atoms with Gasteiger partial charge in [-0.05, 0) is 37.8 Å². The first-order valence-corrected chi connectivity index (χ1v) is 5.90. The number of esters is 1. The van der Waals surface area contributed by atoms with Gasteiger partial charge in [0, 0.05) is 11.6 Å². The molecular formula is C15H15FO2. The predicted molar refractivity (Wildman–Crippen MR) is 67.8 cm³/mol. The molecule has 94 valence electrons. The molecule has 0 heterocycles. The Labute approximate surface area is 106 Å². The summed E-state index contributed by atoms with van der Waals surface area (Å²) < 4.78 is 18.5. The van der Waals surface area contributed by atoms with Crippen molar-refractivity contribution in [3.05, 3.63) is 53.4 Å². The number of hydrogen-bond donors (Lipinski definition) is 0. The number of hydrogen-bond acceptors (Lipinski definition) is 2. The van der Waals surface area contributed by atoms with Crippen LogP contribution in [0.25, 0.3) is 0 Å². The maximum atomic E-state index is 13.3. The van der Waals surface area contributed by atoms with E-state index in [2.05, 4.69) is 6.58 Å². The molecule has 0 radical (unpaired) electrons. The Kier molecular flexibility index (Phi) is 3.60. The van der Waals surface area contributed by atoms with Crippen molar-refractivity contribution in [2.45, 2.75) is 26.2 Å². The van der Waals surface area contributed by atoms with Crippen molar-refractivity contribution < 1.29 is 13.9 Å². The summed E-state index contributed by atoms with van der Waals surface area (Å²) in [5.41, 5.74) is 2.29. The van der Waals surface area contributed by atoms with Crippen LogP contribution in [-0.2, 0) is 4.79 Å². The Morgan fingerprint density at radius 2 is 2.17 bits per heavy atom. The van der Waals surface area contributed by atoms with Crippen molar-refractivity contribution in [1.29, 1.82) is 0 Å². The summed E-state index contributed by atoms with van der Waals surface area (Å²) in [4.78, 5) is 11.8. The van der Waals surface area contributed by atoms with E-state index in [0.717, 1.165) is 12.0 Å². The highest BCUT2D eigenvalue weighted by molar-refractivity contribution is 5.90. The number of carbonyl (C=O) groups excluding carboxylic acids is 1. The highest BCUT2D eigenvalue weighted by Gasteiger charge is 2.16. The molecule has 3 heteroatoms. The molecule has 1 aliphatic rings. The quantitative estimate of drug-likeness (QED) is 0.452. The number of benzene rings is 1. The standard InChI is InChI=1S/C15H15FO2/c1-10-3-6-12(7-4-10)15(17)18-13-8-5-11(2)14(16)9-13/h5-6,8-9H,1,3-4,7H2,2H3. The first-order valence-electron chi connectivity index (χ1n) is 5.90. The number of rotatable bonds is 2. The summed E-state index contributed by atoms with van der Waals surface area (Å²) in [7, 11) is 0. The van der Waals surface area contributed by atoms with Crippen molar-refractivity contribution >= 4 is 5.97 Å². The van der Waals surface area contributed by atoms with Gasteiger partial charge in [0.15, 0.2) is 0 Å². The predicted octanol–water partition coefficient (Wildman–Crippen LogP) is 3.71. The number of ether oxygens (including phenoxy) is 1. The number of carbonyl (C=O) groups is 1. The van der Waals surface area contributed by atoms with Gasteiger partial charge in [-0.2, -0.15) is 0 Å². The van der Waals surface area contributed by atoms with Gasteiger partial charge in [-0.3, -0.25) is 0 Å². The molecule has 2 rings (SSSR count). The van der Waals surface area contributed by atoms with E-state index in [-0.39, 0.29) is 11.6 Å². The van der Waals surface area contributed by atoms with Crippen LogP contribution in [0.1, 0.15) is 24.8 Å². The molecule has 2 nitrogen and oxygen atoms in total. The molecule has 0 spiro atoms. The molecule has 1 aliphatic carbocycles. The Morgan fingerprint density at radius 3 is 2.78 bits per heavy atom. The number of halogens is 1. The first-order chi connectivity index (χ1) is 8.56. The van der Waals surface area contributed by atoms with Gasteiger partial charge in [0.1, 0.15) is 11.6 Å². The molecule has 0 bridgehead atoms. The van der Waals surface area contributed by atoms with Gasteiger partial charge < -0.3 is 4.74 Å². The molecule has 0 saturated carbocycles. The lowest BCUT2D eigenvalue weighted by Gasteiger charge is -2.13. The second-order valence-corrected chi connectivity index (χ2v) is 4.48. The summed E-state index contributed by atoms with van der Waals surface area (Å²) in [5, 5.41) is 0. The van der Waals surface area contributed by atoms with Crippen molar-refractivity contribution in [1.82, 2.24) is 0 Å². The van der Waals surface area contributed by atoms with Crippen LogP contribution in [0, 0.1) is 12.7 Å². The Bertz CT molecular complexity index is 529. The van der Waals surface area contributed by atoms with Crippen LogP contribution in [0.2, 0.25) is 0 Å². The molecule has 0 aromatic heterocycles. The Balaban J connectivity index is 2.07. The van der Waals surface area contributed by atoms with Gasteiger partial charge in [-0.25, -0.2) is 9.18 Å². The van der Waals surface area contributed by atoms with E-state index in [4.69, 9.17) is 4.74 Å². The van der Waals surface area contributed by atoms with E-state index < -0.39 is 5.97 Å². The molecule has 18 heavy (non-hydrogen) atoms. The largest absolute Gasteiger partial charge is 0.423 e. The highest BCUT2D eigenvalue weighted by atomic mass is 19.1. The van der Waals surface area contributed by atoms with Gasteiger partial charge in [0.25, 0.3) is 0 Å². The van der Waals surface area contributed by atoms with Crippen molar-refractivity contribution in [3.63, 3.8) is 0 Å². The molecule has 0 unspecified atom stereocenters. The summed E-state index contributed by atoms with van der Waals surface area (Å²) >= 11 is 0. The molecule has 0 amide bonds. The lowest BCUT2D eigenvalue weighted by Crippen LogP contribution is -2.13. The normalized spacial score (nSPS) is 15.2. The zero-order valence-corrected chi connectivity index (χ0v) is 10.3. The lowest BCUT2D eigenvalue weighted by atomic mass is 9.96. The Morgan fingerprint density at radius 1 is 1.39 bits per heavy atom. The fourth-order valence-electron chi connectivity index (χ4n) is 1.78. The average Bonchev–Trinajstić information content (AvgIpc) is 2.34. The third-order valence-electron chi connectivity index (χ3n) is 3.00. The van der Waals surface area contributed by atoms with Gasteiger partial charge in [-0.15, -0.1) is 0 Å². The lowest BCUT2D eigenvalue weighted by molar-refractivity contribution is -0.130. The van der Waals surface area contributed by atoms with Gasteiger partial charge >= 0.3 is 5.97 Å². The SMILES string of the molecule is C=C1CC=C(C(=O)Oc2ccc(C)c(F)c2)CC1. The minimum atomic E-state index is -0.397. The topological polar surface area (TPSA) is 26.3 Å². The monoisotopic (exact) mass is 246 g/mol. The molecular weight excluding hydrogens is 231 g/mol. The molecule has 0 N–H and O–H groups in total. The molecule has 0 fully saturated rings. The molecule has 0 saturated heterocycles. The summed E-state index contributed by atoms with van der Waals surface area (Å²) in [5.74, 6) is -0.523. The maximum Gasteiger partial charge on any atom is 0.339 e. The van der Waals surface area contributed by atoms with Crippen LogP contribution in [0.5, 0.6) is 5.75 Å². The maximum absolute atomic E-state index is 13.3. The fourth-order valence-corrected chi connectivity index (χ4v) is 1.78. The third kappa shape index (κ3) is 2.86. The average molecular weight is 246 g/mol. The molecule has 1 aromatic rings. The van der Waals surface area contributed by atoms with Crippen molar-refractivity contribution in [2.24, 2.45) is 0 Å². The second-order valence-electron chi connectivity index (χ2n) is 4.48. The van der Waals surface area contributed by atoms with Crippen LogP contribution < -0.4 is 4.74 Å². The van der Waals surface area contributed by atoms with Crippen LogP contribution in [0.3, 0.4) is 0 Å². The van der Waals surface area contributed by atoms with Crippen molar-refractivity contribution in [2.75, 3.05) is 0 Å². The van der Waals surface area contributed by atoms with E-state index in [0.29, 0.717) is 24.0 Å². The number of allylic oxidation sites excluding steroid dienone is 2. The minimum Gasteiger partial charge on any atom is -0.423 e. The summed E-state index contributed by atoms with van der Waals surface area (Å²) in [6, 6.07) is 4.42. The molecule has 0 aliphatic heterocycles. The van der Waals surface area contributed by atoms with E-state index in [1.165, 1.54) is 6.07 Å². The first kappa shape index (κ1) is 12.6. The van der Waals surface area contributed by atoms with E-state index in [1.807, 2.05) is 6.08 Å². The highest BCUT2D eigenvalue weighted by Crippen LogP contribution is 2.23. The van der Waals surface area contributed by atoms with Gasteiger partial charge in [-0.1, -0.05) is 24.3 Å². The third-order valence-corrected chi connectivity index (χ3v) is 3.00. The zero-order chi connectivity index (χ0) is 13.1. The molecule has 0 atom stereocenters. The Hall–Kier alpha value is -1.90. The molecule has 1 aromatic carbocycles. The van der Waals surface area contributed by atoms with Gasteiger partial charge in [0.05, 0.1) is 0 Å². The minimum absolute atomic E-state index is 0.244. The smallest absolute Gasteiger partial charge is 0.339 e. The zero-order valence-electron chi connectivity index (χ0n) is 10.3. The summed E-state index contributed by atoms with van der Waals surface area (Å²) in [6.45, 7) is 5.53. The van der Waals surface area contributed by atoms with Crippen molar-refractivity contribution in [3.8, 4) is 5.75 Å². The fraction of sp³-hybridized carbons (Fsp3) is 0.267. The van der Waals surface area contributed by atoms with Crippen LogP contribution in [0.4, 0.5) is 4.39 Å². The summed E-state index contributed by atoms with van der Waals surface area (Å²) in [6.07, 6.45) is 4.00. The van der Waals surface area contributed by atoms with Crippen LogP contribution in [0.15, 0.2) is 42.0 Å². The number of aryl methyl sites for hydroxylation is 1. The van der Waals surface area contributed by atoms with E-state index in [1.54, 1.807) is 19.1 Å².